The topological polar surface area (TPSA) is 75.7 Å². The van der Waals surface area contributed by atoms with E-state index < -0.39 is 6.61 Å². The Kier molecular flexibility index (Phi) is 6.03. The molecule has 6 nitrogen and oxygen atoms in total. The van der Waals surface area contributed by atoms with Crippen molar-refractivity contribution in [2.45, 2.75) is 45.3 Å². The third kappa shape index (κ3) is 4.43. The largest absolute Gasteiger partial charge is 0.434 e. The first-order valence-corrected chi connectivity index (χ1v) is 9.12. The molecule has 3 rings (SSSR count). The van der Waals surface area contributed by atoms with Gasteiger partial charge in [0.15, 0.2) is 0 Å². The quantitative estimate of drug-likeness (QED) is 0.738. The van der Waals surface area contributed by atoms with Gasteiger partial charge in [-0.3, -0.25) is 19.3 Å². The molecule has 2 atom stereocenters. The number of hydrogen-bond acceptors (Lipinski definition) is 4. The molecule has 146 valence electrons. The predicted octanol–water partition coefficient (Wildman–Crippen LogP) is 2.47. The van der Waals surface area contributed by atoms with Gasteiger partial charge in [0.25, 0.3) is 0 Å². The minimum Gasteiger partial charge on any atom is -0.434 e. The van der Waals surface area contributed by atoms with E-state index >= 15 is 0 Å². The van der Waals surface area contributed by atoms with Crippen LogP contribution in [0.2, 0.25) is 0 Å². The summed E-state index contributed by atoms with van der Waals surface area (Å²) in [6.07, 6.45) is 3.36. The molecule has 1 saturated heterocycles. The fourth-order valence-electron chi connectivity index (χ4n) is 3.81. The molecule has 0 bridgehead atoms. The van der Waals surface area contributed by atoms with E-state index in [1.807, 2.05) is 0 Å². The number of fused-ring (bicyclic) bond motifs is 1. The van der Waals surface area contributed by atoms with Crippen molar-refractivity contribution in [2.24, 2.45) is 11.8 Å². The lowest BCUT2D eigenvalue weighted by molar-refractivity contribution is -0.140. The molecule has 1 heterocycles. The number of halogens is 2. The number of amides is 3. The van der Waals surface area contributed by atoms with E-state index in [0.717, 1.165) is 25.7 Å². The van der Waals surface area contributed by atoms with Crippen LogP contribution in [-0.2, 0) is 20.9 Å². The zero-order valence-corrected chi connectivity index (χ0v) is 14.8. The van der Waals surface area contributed by atoms with Gasteiger partial charge in [0.1, 0.15) is 5.75 Å². The highest BCUT2D eigenvalue weighted by Gasteiger charge is 2.47. The predicted molar refractivity (Wildman–Crippen MR) is 91.7 cm³/mol. The zero-order valence-electron chi connectivity index (χ0n) is 14.8. The maximum atomic E-state index is 12.4. The number of ether oxygens (including phenoxy) is 1. The number of hydrogen-bond donors (Lipinski definition) is 1. The van der Waals surface area contributed by atoms with Crippen LogP contribution in [0, 0.1) is 11.8 Å². The van der Waals surface area contributed by atoms with Gasteiger partial charge in [-0.2, -0.15) is 8.78 Å². The van der Waals surface area contributed by atoms with Gasteiger partial charge in [-0.25, -0.2) is 0 Å². The maximum absolute atomic E-state index is 12.4. The SMILES string of the molecule is O=C(CCN1C(=O)C2CCCCC2C1=O)NCc1ccccc1OC(F)F. The van der Waals surface area contributed by atoms with Gasteiger partial charge >= 0.3 is 6.61 Å². The Bertz CT molecular complexity index is 701. The van der Waals surface area contributed by atoms with Crippen LogP contribution < -0.4 is 10.1 Å². The fourth-order valence-corrected chi connectivity index (χ4v) is 3.81. The minimum atomic E-state index is -2.95. The number of likely N-dealkylation sites (tertiary alicyclic amines) is 1. The number of imide groups is 1. The highest BCUT2D eigenvalue weighted by molar-refractivity contribution is 6.05. The number of para-hydroxylation sites is 1. The lowest BCUT2D eigenvalue weighted by atomic mass is 9.81. The Labute approximate surface area is 155 Å². The Morgan fingerprint density at radius 3 is 2.41 bits per heavy atom. The van der Waals surface area contributed by atoms with E-state index in [4.69, 9.17) is 0 Å². The molecule has 0 radical (unpaired) electrons. The standard InChI is InChI=1S/C19H22F2N2O4/c20-19(21)27-15-8-4-1-5-12(15)11-22-16(24)9-10-23-17(25)13-6-2-3-7-14(13)18(23)26/h1,4-5,8,13-14,19H,2-3,6-7,9-11H2,(H,22,24). The van der Waals surface area contributed by atoms with Crippen molar-refractivity contribution in [1.29, 1.82) is 0 Å². The number of benzene rings is 1. The molecule has 27 heavy (non-hydrogen) atoms. The van der Waals surface area contributed by atoms with Crippen LogP contribution >= 0.6 is 0 Å². The van der Waals surface area contributed by atoms with Gasteiger partial charge in [-0.15, -0.1) is 0 Å². The summed E-state index contributed by atoms with van der Waals surface area (Å²) >= 11 is 0. The van der Waals surface area contributed by atoms with Crippen LogP contribution in [0.3, 0.4) is 0 Å². The molecule has 1 aliphatic carbocycles. The second-order valence-corrected chi connectivity index (χ2v) is 6.84. The molecule has 1 aliphatic heterocycles. The molecular weight excluding hydrogens is 358 g/mol. The lowest BCUT2D eigenvalue weighted by Crippen LogP contribution is -2.35. The zero-order chi connectivity index (χ0) is 19.4. The van der Waals surface area contributed by atoms with Gasteiger partial charge in [0.2, 0.25) is 17.7 Å². The Balaban J connectivity index is 1.51. The number of carbonyl (C=O) groups is 3. The first-order valence-electron chi connectivity index (χ1n) is 9.12. The van der Waals surface area contributed by atoms with Crippen LogP contribution in [0.25, 0.3) is 0 Å². The van der Waals surface area contributed by atoms with Crippen LogP contribution in [0.5, 0.6) is 5.75 Å². The third-order valence-corrected chi connectivity index (χ3v) is 5.16. The van der Waals surface area contributed by atoms with E-state index in [9.17, 15) is 23.2 Å². The molecule has 2 fully saturated rings. The second-order valence-electron chi connectivity index (χ2n) is 6.84. The first-order chi connectivity index (χ1) is 13.0. The minimum absolute atomic E-state index is 0.00164. The van der Waals surface area contributed by atoms with Crippen molar-refractivity contribution in [2.75, 3.05) is 6.54 Å². The van der Waals surface area contributed by atoms with E-state index in [1.54, 1.807) is 18.2 Å². The molecule has 2 aliphatic rings. The van der Waals surface area contributed by atoms with E-state index in [0.29, 0.717) is 5.56 Å². The fraction of sp³-hybridized carbons (Fsp3) is 0.526. The van der Waals surface area contributed by atoms with Gasteiger partial charge in [-0.05, 0) is 18.9 Å². The molecule has 1 N–H and O–H groups in total. The van der Waals surface area contributed by atoms with Crippen LogP contribution in [0.4, 0.5) is 8.78 Å². The average Bonchev–Trinajstić information content (AvgIpc) is 2.90. The second kappa shape index (κ2) is 8.45. The van der Waals surface area contributed by atoms with E-state index in [-0.39, 0.29) is 54.8 Å². The van der Waals surface area contributed by atoms with Crippen molar-refractivity contribution >= 4 is 17.7 Å². The molecule has 8 heteroatoms. The van der Waals surface area contributed by atoms with Crippen molar-refractivity contribution in [3.63, 3.8) is 0 Å². The third-order valence-electron chi connectivity index (χ3n) is 5.16. The maximum Gasteiger partial charge on any atom is 0.387 e. The number of alkyl halides is 2. The summed E-state index contributed by atoms with van der Waals surface area (Å²) in [5.41, 5.74) is 0.422. The molecule has 0 spiro atoms. The summed E-state index contributed by atoms with van der Waals surface area (Å²) in [7, 11) is 0. The summed E-state index contributed by atoms with van der Waals surface area (Å²) in [5.74, 6) is -1.17. The van der Waals surface area contributed by atoms with Gasteiger partial charge in [0.05, 0.1) is 11.8 Å². The monoisotopic (exact) mass is 380 g/mol. The summed E-state index contributed by atoms with van der Waals surface area (Å²) in [4.78, 5) is 38.0. The van der Waals surface area contributed by atoms with Crippen LogP contribution in [-0.4, -0.2) is 35.8 Å². The smallest absolute Gasteiger partial charge is 0.387 e. The van der Waals surface area contributed by atoms with E-state index in [1.165, 1.54) is 11.0 Å². The number of rotatable bonds is 7. The highest BCUT2D eigenvalue weighted by Crippen LogP contribution is 2.37. The molecule has 1 aromatic rings. The van der Waals surface area contributed by atoms with Crippen LogP contribution in [0.15, 0.2) is 24.3 Å². The number of nitrogens with zero attached hydrogens (tertiary/aromatic N) is 1. The number of carbonyl (C=O) groups excluding carboxylic acids is 3. The number of nitrogens with one attached hydrogen (secondary N) is 1. The first kappa shape index (κ1) is 19.3. The molecule has 1 saturated carbocycles. The van der Waals surface area contributed by atoms with Gasteiger partial charge < -0.3 is 10.1 Å². The van der Waals surface area contributed by atoms with Crippen molar-refractivity contribution < 1.29 is 27.9 Å². The van der Waals surface area contributed by atoms with Gasteiger partial charge in [-0.1, -0.05) is 31.0 Å². The van der Waals surface area contributed by atoms with E-state index in [2.05, 4.69) is 10.1 Å². The van der Waals surface area contributed by atoms with Crippen molar-refractivity contribution in [3.8, 4) is 5.75 Å². The summed E-state index contributed by atoms with van der Waals surface area (Å²) in [6, 6.07) is 6.20. The Hall–Kier alpha value is -2.51. The van der Waals surface area contributed by atoms with Crippen molar-refractivity contribution in [3.05, 3.63) is 29.8 Å². The Morgan fingerprint density at radius 2 is 1.78 bits per heavy atom. The molecule has 0 aromatic heterocycles. The molecule has 1 aromatic carbocycles. The normalized spacial score (nSPS) is 22.1. The molecule has 2 unspecified atom stereocenters. The summed E-state index contributed by atoms with van der Waals surface area (Å²) in [5, 5.41) is 2.62. The summed E-state index contributed by atoms with van der Waals surface area (Å²) < 4.78 is 29.2. The summed E-state index contributed by atoms with van der Waals surface area (Å²) in [6.45, 7) is -2.88. The Morgan fingerprint density at radius 1 is 1.15 bits per heavy atom. The van der Waals surface area contributed by atoms with Crippen LogP contribution in [0.1, 0.15) is 37.7 Å². The van der Waals surface area contributed by atoms with Crippen molar-refractivity contribution in [1.82, 2.24) is 10.2 Å². The molecule has 3 amide bonds. The highest BCUT2D eigenvalue weighted by atomic mass is 19.3. The lowest BCUT2D eigenvalue weighted by Gasteiger charge is -2.19. The van der Waals surface area contributed by atoms with Gasteiger partial charge in [0, 0.05) is 25.1 Å². The molecular formula is C19H22F2N2O4. The average molecular weight is 380 g/mol.